The number of hydrogen-bond acceptors (Lipinski definition) is 4. The van der Waals surface area contributed by atoms with E-state index >= 15 is 0 Å². The molecule has 1 aromatic heterocycles. The summed E-state index contributed by atoms with van der Waals surface area (Å²) in [7, 11) is 0. The number of aliphatic hydroxyl groups excluding tert-OH is 1. The molecule has 0 fully saturated rings. The van der Waals surface area contributed by atoms with Crippen molar-refractivity contribution < 1.29 is 9.50 Å². The first-order valence-electron chi connectivity index (χ1n) is 5.01. The molecule has 5 nitrogen and oxygen atoms in total. The van der Waals surface area contributed by atoms with Gasteiger partial charge >= 0.3 is 0 Å². The lowest BCUT2D eigenvalue weighted by molar-refractivity contribution is 0.203. The first-order chi connectivity index (χ1) is 8.18. The Morgan fingerprint density at radius 3 is 2.88 bits per heavy atom. The van der Waals surface area contributed by atoms with Crippen LogP contribution in [0.25, 0.3) is 5.57 Å². The molecule has 1 aromatic carbocycles. The van der Waals surface area contributed by atoms with E-state index < -0.39 is 11.9 Å². The van der Waals surface area contributed by atoms with Crippen molar-refractivity contribution in [2.45, 2.75) is 12.6 Å². The fraction of sp³-hybridized carbons (Fsp3) is 0.182. The van der Waals surface area contributed by atoms with E-state index in [2.05, 4.69) is 22.1 Å². The molecule has 88 valence electrons. The highest BCUT2D eigenvalue weighted by Crippen LogP contribution is 2.20. The van der Waals surface area contributed by atoms with Gasteiger partial charge in [-0.15, -0.1) is 5.10 Å². The van der Waals surface area contributed by atoms with E-state index in [9.17, 15) is 9.50 Å². The maximum atomic E-state index is 13.5. The molecule has 0 aliphatic rings. The van der Waals surface area contributed by atoms with Crippen LogP contribution in [-0.2, 0) is 6.54 Å². The Morgan fingerprint density at radius 1 is 1.47 bits per heavy atom. The number of aliphatic hydroxyl groups is 1. The number of nitrogens with zero attached hydrogens (tertiary/aromatic N) is 4. The lowest BCUT2D eigenvalue weighted by Crippen LogP contribution is -2.18. The molecule has 0 spiro atoms. The van der Waals surface area contributed by atoms with Crippen LogP contribution in [0.1, 0.15) is 5.56 Å². The van der Waals surface area contributed by atoms with Crippen molar-refractivity contribution >= 4 is 5.57 Å². The van der Waals surface area contributed by atoms with E-state index in [4.69, 9.17) is 0 Å². The summed E-state index contributed by atoms with van der Waals surface area (Å²) < 4.78 is 14.8. The fourth-order valence-electron chi connectivity index (χ4n) is 1.45. The minimum Gasteiger partial charge on any atom is -0.386 e. The molecule has 17 heavy (non-hydrogen) atoms. The monoisotopic (exact) mass is 234 g/mol. The third kappa shape index (κ3) is 2.54. The second-order valence-corrected chi connectivity index (χ2v) is 3.55. The van der Waals surface area contributed by atoms with Gasteiger partial charge in [0, 0.05) is 5.56 Å². The Labute approximate surface area is 97.2 Å². The first kappa shape index (κ1) is 11.4. The molecule has 0 saturated carbocycles. The van der Waals surface area contributed by atoms with Crippen LogP contribution in [-0.4, -0.2) is 31.4 Å². The van der Waals surface area contributed by atoms with Gasteiger partial charge in [0.15, 0.2) is 0 Å². The Bertz CT molecular complexity index is 512. The normalized spacial score (nSPS) is 12.4. The molecule has 1 unspecified atom stereocenters. The van der Waals surface area contributed by atoms with Crippen molar-refractivity contribution in [3.8, 4) is 0 Å². The number of rotatable bonds is 4. The lowest BCUT2D eigenvalue weighted by Gasteiger charge is -2.13. The van der Waals surface area contributed by atoms with Crippen molar-refractivity contribution in [2.24, 2.45) is 0 Å². The van der Waals surface area contributed by atoms with Crippen LogP contribution in [0.3, 0.4) is 0 Å². The highest BCUT2D eigenvalue weighted by molar-refractivity contribution is 5.66. The molecular weight excluding hydrogens is 223 g/mol. The van der Waals surface area contributed by atoms with Crippen LogP contribution < -0.4 is 0 Å². The predicted molar refractivity (Wildman–Crippen MR) is 59.3 cm³/mol. The summed E-state index contributed by atoms with van der Waals surface area (Å²) in [5.41, 5.74) is 0.603. The van der Waals surface area contributed by atoms with E-state index in [1.807, 2.05) is 0 Å². The van der Waals surface area contributed by atoms with Crippen LogP contribution in [0.15, 0.2) is 37.2 Å². The molecule has 0 saturated heterocycles. The Morgan fingerprint density at radius 2 is 2.24 bits per heavy atom. The second kappa shape index (κ2) is 4.84. The standard InChI is InChI=1S/C11H11FN4O/c1-8(9-4-2-3-5-10(9)12)11(17)6-16-7-13-14-15-16/h2-5,7,11,17H,1,6H2. The maximum Gasteiger partial charge on any atom is 0.138 e. The largest absolute Gasteiger partial charge is 0.386 e. The van der Waals surface area contributed by atoms with Crippen molar-refractivity contribution in [1.29, 1.82) is 0 Å². The zero-order chi connectivity index (χ0) is 12.3. The summed E-state index contributed by atoms with van der Waals surface area (Å²) in [6.45, 7) is 3.83. The van der Waals surface area contributed by atoms with Gasteiger partial charge in [0.05, 0.1) is 12.6 Å². The van der Waals surface area contributed by atoms with E-state index in [-0.39, 0.29) is 6.54 Å². The second-order valence-electron chi connectivity index (χ2n) is 3.55. The van der Waals surface area contributed by atoms with Gasteiger partial charge in [-0.2, -0.15) is 0 Å². The molecule has 1 N–H and O–H groups in total. The van der Waals surface area contributed by atoms with E-state index in [0.717, 1.165) is 0 Å². The molecule has 0 radical (unpaired) electrons. The highest BCUT2D eigenvalue weighted by atomic mass is 19.1. The quantitative estimate of drug-likeness (QED) is 0.853. The van der Waals surface area contributed by atoms with Gasteiger partial charge in [-0.1, -0.05) is 24.8 Å². The van der Waals surface area contributed by atoms with Gasteiger partial charge in [-0.05, 0) is 22.1 Å². The van der Waals surface area contributed by atoms with Crippen LogP contribution in [0.4, 0.5) is 4.39 Å². The number of tetrazole rings is 1. The zero-order valence-corrected chi connectivity index (χ0v) is 8.99. The van der Waals surface area contributed by atoms with Crippen molar-refractivity contribution in [1.82, 2.24) is 20.2 Å². The summed E-state index contributed by atoms with van der Waals surface area (Å²) in [5, 5.41) is 20.4. The summed E-state index contributed by atoms with van der Waals surface area (Å²) in [4.78, 5) is 0. The summed E-state index contributed by atoms with van der Waals surface area (Å²) in [6.07, 6.45) is 0.438. The third-order valence-electron chi connectivity index (χ3n) is 2.37. The lowest BCUT2D eigenvalue weighted by atomic mass is 10.0. The zero-order valence-electron chi connectivity index (χ0n) is 8.99. The van der Waals surface area contributed by atoms with Gasteiger partial charge < -0.3 is 5.11 Å². The van der Waals surface area contributed by atoms with Crippen LogP contribution in [0.5, 0.6) is 0 Å². The van der Waals surface area contributed by atoms with E-state index in [1.165, 1.54) is 17.1 Å². The summed E-state index contributed by atoms with van der Waals surface area (Å²) >= 11 is 0. The maximum absolute atomic E-state index is 13.5. The highest BCUT2D eigenvalue weighted by Gasteiger charge is 2.15. The number of aromatic nitrogens is 4. The molecule has 6 heteroatoms. The molecule has 0 aliphatic carbocycles. The SMILES string of the molecule is C=C(c1ccccc1F)C(O)Cn1cnnn1. The first-order valence-corrected chi connectivity index (χ1v) is 5.01. The summed E-state index contributed by atoms with van der Waals surface area (Å²) in [6, 6.07) is 6.16. The van der Waals surface area contributed by atoms with Gasteiger partial charge in [0.1, 0.15) is 12.1 Å². The van der Waals surface area contributed by atoms with Gasteiger partial charge in [-0.25, -0.2) is 9.07 Å². The van der Waals surface area contributed by atoms with Gasteiger partial charge in [0.25, 0.3) is 0 Å². The minimum absolute atomic E-state index is 0.139. The molecule has 2 aromatic rings. The number of halogens is 1. The molecule has 0 amide bonds. The molecule has 1 heterocycles. The van der Waals surface area contributed by atoms with Crippen molar-refractivity contribution in [2.75, 3.05) is 0 Å². The predicted octanol–water partition coefficient (Wildman–Crippen LogP) is 0.886. The van der Waals surface area contributed by atoms with E-state index in [1.54, 1.807) is 18.2 Å². The van der Waals surface area contributed by atoms with Crippen LogP contribution >= 0.6 is 0 Å². The molecule has 0 bridgehead atoms. The smallest absolute Gasteiger partial charge is 0.138 e. The summed E-state index contributed by atoms with van der Waals surface area (Å²) in [5.74, 6) is -0.409. The fourth-order valence-corrected chi connectivity index (χ4v) is 1.45. The molecule has 0 aliphatic heterocycles. The van der Waals surface area contributed by atoms with Crippen LogP contribution in [0, 0.1) is 5.82 Å². The Hall–Kier alpha value is -2.08. The van der Waals surface area contributed by atoms with Crippen LogP contribution in [0.2, 0.25) is 0 Å². The number of benzene rings is 1. The minimum atomic E-state index is -0.935. The molecular formula is C11H11FN4O. The average Bonchev–Trinajstić information content (AvgIpc) is 2.81. The van der Waals surface area contributed by atoms with Crippen molar-refractivity contribution in [3.05, 3.63) is 48.6 Å². The third-order valence-corrected chi connectivity index (χ3v) is 2.37. The number of hydrogen-bond donors (Lipinski definition) is 1. The topological polar surface area (TPSA) is 63.8 Å². The Balaban J connectivity index is 2.13. The Kier molecular flexibility index (Phi) is 3.24. The van der Waals surface area contributed by atoms with Crippen molar-refractivity contribution in [3.63, 3.8) is 0 Å². The van der Waals surface area contributed by atoms with E-state index in [0.29, 0.717) is 11.1 Å². The average molecular weight is 234 g/mol. The molecule has 2 rings (SSSR count). The van der Waals surface area contributed by atoms with Gasteiger partial charge in [0.2, 0.25) is 0 Å². The molecule has 1 atom stereocenters. The van der Waals surface area contributed by atoms with Gasteiger partial charge in [-0.3, -0.25) is 0 Å².